The van der Waals surface area contributed by atoms with E-state index in [9.17, 15) is 0 Å². The van der Waals surface area contributed by atoms with Crippen LogP contribution in [0.25, 0.3) is 98.7 Å². The van der Waals surface area contributed by atoms with Crippen molar-refractivity contribution in [1.29, 1.82) is 0 Å². The molecule has 6 heteroatoms. The zero-order chi connectivity index (χ0) is 52.8. The van der Waals surface area contributed by atoms with Crippen LogP contribution in [-0.2, 0) is 6.42 Å². The molecule has 11 heterocycles. The smallest absolute Gasteiger partial charge is 0.164 e. The van der Waals surface area contributed by atoms with E-state index < -0.39 is 0 Å². The zero-order valence-electron chi connectivity index (χ0n) is 41.2. The second-order valence-electron chi connectivity index (χ2n) is 16.5. The van der Waals surface area contributed by atoms with Crippen LogP contribution in [0.2, 0.25) is 0 Å². The van der Waals surface area contributed by atoms with E-state index in [0.717, 1.165) is 66.8 Å². The molecule has 2 aromatic heterocycles. The molecule has 17 rings (SSSR count). The summed E-state index contributed by atoms with van der Waals surface area (Å²) in [6.07, 6.45) is 12.0. The van der Waals surface area contributed by atoms with Crippen molar-refractivity contribution in [2.24, 2.45) is 0 Å². The molecule has 6 aromatic carbocycles. The van der Waals surface area contributed by atoms with Crippen molar-refractivity contribution < 1.29 is 0 Å². The van der Waals surface area contributed by atoms with Crippen LogP contribution < -0.4 is 0 Å². The number of hydrogen-bond acceptors (Lipinski definition) is 6. The van der Waals surface area contributed by atoms with Crippen molar-refractivity contribution in [2.45, 2.75) is 6.42 Å². The fraction of sp³-hybridized carbons (Fsp3) is 0.0139. The van der Waals surface area contributed by atoms with E-state index in [1.54, 1.807) is 18.2 Å². The van der Waals surface area contributed by atoms with Crippen LogP contribution in [0.3, 0.4) is 0 Å². The van der Waals surface area contributed by atoms with Gasteiger partial charge in [0.15, 0.2) is 34.9 Å². The number of rotatable bonds is 0. The Labute approximate surface area is 449 Å². The summed E-state index contributed by atoms with van der Waals surface area (Å²) in [5.74, 6) is 3.16. The lowest BCUT2D eigenvalue weighted by atomic mass is 10.1. The fourth-order valence-corrected chi connectivity index (χ4v) is 7.37. The van der Waals surface area contributed by atoms with Crippen molar-refractivity contribution in [2.75, 3.05) is 0 Å². The van der Waals surface area contributed by atoms with Gasteiger partial charge >= 0.3 is 0 Å². The summed E-state index contributed by atoms with van der Waals surface area (Å²) in [5.41, 5.74) is 74.2. The highest BCUT2D eigenvalue weighted by Gasteiger charge is 2.15. The Balaban J connectivity index is 1.12. The first kappa shape index (κ1) is 49.1. The summed E-state index contributed by atoms with van der Waals surface area (Å²) < 4.78 is 0. The van der Waals surface area contributed by atoms with E-state index in [-0.39, 0.29) is 0 Å². The second-order valence-corrected chi connectivity index (χ2v) is 16.5. The molecule has 8 aromatic rings. The summed E-state index contributed by atoms with van der Waals surface area (Å²) >= 11 is 0. The van der Waals surface area contributed by atoms with Gasteiger partial charge in [-0.2, -0.15) is 0 Å². The monoisotopic (exact) mass is 980 g/mol. The maximum atomic E-state index is 4.99. The Morgan fingerprint density at radius 2 is 0.436 bits per heavy atom. The zero-order valence-corrected chi connectivity index (χ0v) is 41.2. The predicted octanol–water partition coefficient (Wildman–Crippen LogP) is 14.8. The number of allylic oxidation sites excluding steroid dienone is 1. The maximum absolute atomic E-state index is 4.99. The molecule has 0 saturated carbocycles. The molecule has 0 saturated heterocycles. The molecule has 0 unspecified atom stereocenters. The third-order valence-corrected chi connectivity index (χ3v) is 11.3. The van der Waals surface area contributed by atoms with Gasteiger partial charge in [0.25, 0.3) is 0 Å². The molecule has 9 aliphatic rings. The second kappa shape index (κ2) is 25.2. The highest BCUT2D eigenvalue weighted by Crippen LogP contribution is 2.28. The third-order valence-electron chi connectivity index (χ3n) is 11.3. The van der Waals surface area contributed by atoms with Crippen molar-refractivity contribution in [3.05, 3.63) is 317 Å². The van der Waals surface area contributed by atoms with Crippen LogP contribution in [0, 0.1) is 0 Å². The van der Waals surface area contributed by atoms with Crippen LogP contribution in [0.4, 0.5) is 0 Å². The van der Waals surface area contributed by atoms with E-state index in [1.165, 1.54) is 0 Å². The molecular formula is C72H32N6. The Morgan fingerprint density at radius 1 is 0.218 bits per heavy atom. The summed E-state index contributed by atoms with van der Waals surface area (Å²) in [5, 5.41) is 0. The average Bonchev–Trinajstić information content (AvgIpc) is 3.51. The molecule has 6 nitrogen and oxygen atoms in total. The highest BCUT2D eigenvalue weighted by molar-refractivity contribution is 5.74. The van der Waals surface area contributed by atoms with Crippen molar-refractivity contribution in [1.82, 2.24) is 29.9 Å². The number of aromatic nitrogens is 6. The van der Waals surface area contributed by atoms with E-state index in [0.29, 0.717) is 41.4 Å². The minimum absolute atomic E-state index is 0.514. The summed E-state index contributed by atoms with van der Waals surface area (Å²) in [4.78, 5) is 29.8. The highest BCUT2D eigenvalue weighted by atomic mass is 15.0. The van der Waals surface area contributed by atoms with Crippen LogP contribution in [-0.4, -0.2) is 29.9 Å². The largest absolute Gasteiger partial charge is 0.208 e. The molecule has 0 aliphatic carbocycles. The normalized spacial score (nSPS) is 11.5. The first-order valence-corrected chi connectivity index (χ1v) is 24.1. The molecule has 18 bridgehead atoms. The van der Waals surface area contributed by atoms with Crippen LogP contribution in [0.15, 0.2) is 283 Å². The average molecular weight is 981 g/mol. The fourth-order valence-electron chi connectivity index (χ4n) is 7.37. The van der Waals surface area contributed by atoms with Crippen molar-refractivity contribution in [3.63, 3.8) is 0 Å². The molecule has 0 fully saturated rings. The van der Waals surface area contributed by atoms with Gasteiger partial charge in [0.2, 0.25) is 0 Å². The number of benzene rings is 6. The summed E-state index contributed by atoms with van der Waals surface area (Å²) in [7, 11) is 0. The number of nitrogens with zero attached hydrogens (tertiary/aromatic N) is 6. The SMILES string of the molecule is C1=C=C=C=C=C=C=C=Cc2ccc(cc2)-c2nc3nc(n2)-c2ccc(cc2)/C=C/c2ccc(cc2)-c2nc(nc(n2)-c2ccc(cc2)CC=C=C=C=C=C=C=C=C=Cc2ccc-3cc2)-c2ccc(cc2)C=C=C=C=C=C=C=C=1. The molecule has 9 aliphatic heterocycles. The Hall–Kier alpha value is -12.5. The third kappa shape index (κ3) is 13.7. The van der Waals surface area contributed by atoms with Gasteiger partial charge in [-0.05, 0) is 173 Å². The lowest BCUT2D eigenvalue weighted by molar-refractivity contribution is 1.07. The lowest BCUT2D eigenvalue weighted by Crippen LogP contribution is -2.00. The van der Waals surface area contributed by atoms with E-state index in [4.69, 9.17) is 29.9 Å². The molecular weight excluding hydrogens is 949 g/mol. The quantitative estimate of drug-likeness (QED) is 0.141. The number of hydrogen-bond donors (Lipinski definition) is 0. The first-order valence-electron chi connectivity index (χ1n) is 24.1. The van der Waals surface area contributed by atoms with Crippen molar-refractivity contribution >= 4 is 30.4 Å². The van der Waals surface area contributed by atoms with Crippen molar-refractivity contribution in [3.8, 4) is 68.3 Å². The summed E-state index contributed by atoms with van der Waals surface area (Å²) in [6.45, 7) is 0. The molecule has 350 valence electrons. The van der Waals surface area contributed by atoms with Gasteiger partial charge in [-0.3, -0.25) is 0 Å². The van der Waals surface area contributed by atoms with Crippen LogP contribution >= 0.6 is 0 Å². The molecule has 0 radical (unpaired) electrons. The lowest BCUT2D eigenvalue weighted by Gasteiger charge is -2.09. The Kier molecular flexibility index (Phi) is 15.9. The topological polar surface area (TPSA) is 77.3 Å². The van der Waals surface area contributed by atoms with Gasteiger partial charge in [0, 0.05) is 33.4 Å². The van der Waals surface area contributed by atoms with E-state index in [2.05, 4.69) is 144 Å². The molecule has 0 spiro atoms. The van der Waals surface area contributed by atoms with Gasteiger partial charge in [0.05, 0.1) is 0 Å². The number of fused-ring (bicyclic) bond motifs is 4. The van der Waals surface area contributed by atoms with Gasteiger partial charge in [0.1, 0.15) is 0 Å². The van der Waals surface area contributed by atoms with Crippen LogP contribution in [0.1, 0.15) is 33.4 Å². The standard InChI is InChI=1S/C72H32N6/c1-2-4-6-9-13-17-21-25-55-31-43-61(44-32-55)67-73-69-63-47-35-57(36-48-63)27-23-19-15-11-8-12-16-20-24-28-58-37-49-64(50-38-58)70-74-68(62-45-33-56(34-46-62)26-22-18-14-10-7-5-3-1)76-72(78-70)66-53-41-60(42-54-66)30-29-59-39-51-65(52-40-59)71(75-67)77-69/h23,25-26,28-54H,27H2/b30-29+. The van der Waals surface area contributed by atoms with E-state index in [1.807, 2.05) is 152 Å². The minimum Gasteiger partial charge on any atom is -0.208 e. The molecule has 0 N–H and O–H groups in total. The Bertz CT molecular complexity index is 4750. The van der Waals surface area contributed by atoms with E-state index >= 15 is 0 Å². The van der Waals surface area contributed by atoms with Gasteiger partial charge in [-0.1, -0.05) is 181 Å². The maximum Gasteiger partial charge on any atom is 0.164 e. The van der Waals surface area contributed by atoms with Crippen LogP contribution in [0.5, 0.6) is 0 Å². The first-order chi connectivity index (χ1) is 38.6. The minimum atomic E-state index is 0.514. The van der Waals surface area contributed by atoms with Gasteiger partial charge in [-0.15, -0.1) is 0 Å². The van der Waals surface area contributed by atoms with Gasteiger partial charge in [-0.25, -0.2) is 29.9 Å². The molecule has 0 atom stereocenters. The molecule has 0 amide bonds. The Morgan fingerprint density at radius 3 is 0.705 bits per heavy atom. The van der Waals surface area contributed by atoms with Gasteiger partial charge < -0.3 is 0 Å². The predicted molar refractivity (Wildman–Crippen MR) is 304 cm³/mol. The summed E-state index contributed by atoms with van der Waals surface area (Å²) in [6, 6.07) is 47.8. The molecule has 78 heavy (non-hydrogen) atoms.